The summed E-state index contributed by atoms with van der Waals surface area (Å²) in [5.41, 5.74) is 2.49. The predicted molar refractivity (Wildman–Crippen MR) is 120 cm³/mol. The molecule has 1 atom stereocenters. The van der Waals surface area contributed by atoms with E-state index >= 15 is 0 Å². The van der Waals surface area contributed by atoms with Crippen LogP contribution in [0.5, 0.6) is 0 Å². The molecule has 3 N–H and O–H groups in total. The first-order valence-corrected chi connectivity index (χ1v) is 11.4. The second-order valence-corrected chi connectivity index (χ2v) is 8.48. The number of carboxylic acid groups (broad SMARTS) is 1. The number of aromatic nitrogens is 3. The minimum Gasteiger partial charge on any atom is -0.480 e. The van der Waals surface area contributed by atoms with Gasteiger partial charge in [0.25, 0.3) is 0 Å². The standard InChI is InChI=1S/C23H32N6O2/c30-23(31)20(28-21-10-13-24-16-26-21)11-15-29(19-8-9-19)14-2-1-5-18-7-6-17-4-3-12-25-22(17)27-18/h6-7,10,13,16,19-20H,1-5,8-9,11-12,14-15H2,(H,25,27)(H,30,31)(H,24,26,28). The largest absolute Gasteiger partial charge is 0.480 e. The van der Waals surface area contributed by atoms with Crippen LogP contribution in [0.4, 0.5) is 11.6 Å². The van der Waals surface area contributed by atoms with E-state index in [-0.39, 0.29) is 0 Å². The number of pyridine rings is 1. The zero-order chi connectivity index (χ0) is 21.5. The molecule has 0 amide bonds. The minimum absolute atomic E-state index is 0.549. The van der Waals surface area contributed by atoms with Crippen LogP contribution in [0.2, 0.25) is 0 Å². The Bertz CT molecular complexity index is 858. The molecule has 0 aromatic carbocycles. The van der Waals surface area contributed by atoms with Crippen LogP contribution in [0.15, 0.2) is 30.7 Å². The number of anilines is 2. The molecule has 1 saturated carbocycles. The van der Waals surface area contributed by atoms with Crippen molar-refractivity contribution in [3.63, 3.8) is 0 Å². The van der Waals surface area contributed by atoms with Gasteiger partial charge in [0.2, 0.25) is 0 Å². The van der Waals surface area contributed by atoms with Crippen LogP contribution in [-0.2, 0) is 17.6 Å². The van der Waals surface area contributed by atoms with E-state index < -0.39 is 12.0 Å². The van der Waals surface area contributed by atoms with Gasteiger partial charge in [-0.1, -0.05) is 6.07 Å². The van der Waals surface area contributed by atoms with Crippen LogP contribution in [0.1, 0.15) is 49.8 Å². The lowest BCUT2D eigenvalue weighted by Crippen LogP contribution is -2.36. The maximum atomic E-state index is 11.7. The number of nitrogens with zero attached hydrogens (tertiary/aromatic N) is 4. The van der Waals surface area contributed by atoms with Crippen LogP contribution in [0, 0.1) is 0 Å². The fraction of sp³-hybridized carbons (Fsp3) is 0.565. The van der Waals surface area contributed by atoms with Gasteiger partial charge in [0.1, 0.15) is 24.0 Å². The summed E-state index contributed by atoms with van der Waals surface area (Å²) in [6.07, 6.45) is 11.5. The molecule has 8 nitrogen and oxygen atoms in total. The molecule has 0 saturated heterocycles. The van der Waals surface area contributed by atoms with E-state index in [0.29, 0.717) is 18.3 Å². The van der Waals surface area contributed by atoms with Crippen molar-refractivity contribution in [3.05, 3.63) is 42.0 Å². The first-order chi connectivity index (χ1) is 15.2. The van der Waals surface area contributed by atoms with Gasteiger partial charge in [-0.25, -0.2) is 19.7 Å². The number of carbonyl (C=O) groups is 1. The smallest absolute Gasteiger partial charge is 0.326 e. The Kier molecular flexibility index (Phi) is 7.30. The molecule has 0 bridgehead atoms. The number of nitrogens with one attached hydrogen (secondary N) is 2. The van der Waals surface area contributed by atoms with Gasteiger partial charge in [0, 0.05) is 31.0 Å². The third-order valence-electron chi connectivity index (χ3n) is 6.05. The van der Waals surface area contributed by atoms with Gasteiger partial charge in [-0.15, -0.1) is 0 Å². The van der Waals surface area contributed by atoms with Gasteiger partial charge in [0.15, 0.2) is 0 Å². The molecule has 3 heterocycles. The third-order valence-corrected chi connectivity index (χ3v) is 6.05. The van der Waals surface area contributed by atoms with E-state index in [9.17, 15) is 9.90 Å². The lowest BCUT2D eigenvalue weighted by molar-refractivity contribution is -0.138. The molecule has 166 valence electrons. The normalized spacial score (nSPS) is 16.4. The number of carboxylic acids is 1. The number of fused-ring (bicyclic) bond motifs is 1. The van der Waals surface area contributed by atoms with Crippen molar-refractivity contribution in [2.24, 2.45) is 0 Å². The molecule has 1 aliphatic carbocycles. The van der Waals surface area contributed by atoms with Crippen molar-refractivity contribution in [2.75, 3.05) is 30.3 Å². The highest BCUT2D eigenvalue weighted by molar-refractivity contribution is 5.76. The fourth-order valence-electron chi connectivity index (χ4n) is 4.15. The fourth-order valence-corrected chi connectivity index (χ4v) is 4.15. The summed E-state index contributed by atoms with van der Waals surface area (Å²) in [6, 6.07) is 6.04. The van der Waals surface area contributed by atoms with Crippen LogP contribution >= 0.6 is 0 Å². The first kappa shape index (κ1) is 21.5. The van der Waals surface area contributed by atoms with Crippen LogP contribution in [0.3, 0.4) is 0 Å². The minimum atomic E-state index is -0.846. The summed E-state index contributed by atoms with van der Waals surface area (Å²) in [7, 11) is 0. The Labute approximate surface area is 183 Å². The van der Waals surface area contributed by atoms with E-state index in [2.05, 4.69) is 37.6 Å². The quantitative estimate of drug-likeness (QED) is 0.447. The molecule has 1 aliphatic heterocycles. The molecule has 0 radical (unpaired) electrons. The van der Waals surface area contributed by atoms with E-state index in [0.717, 1.165) is 56.8 Å². The highest BCUT2D eigenvalue weighted by Crippen LogP contribution is 2.28. The van der Waals surface area contributed by atoms with Gasteiger partial charge < -0.3 is 20.6 Å². The van der Waals surface area contributed by atoms with Gasteiger partial charge in [-0.3, -0.25) is 0 Å². The summed E-state index contributed by atoms with van der Waals surface area (Å²) < 4.78 is 0. The van der Waals surface area contributed by atoms with Gasteiger partial charge >= 0.3 is 5.97 Å². The average Bonchev–Trinajstić information content (AvgIpc) is 3.63. The Morgan fingerprint density at radius 2 is 2.16 bits per heavy atom. The molecule has 0 spiro atoms. The van der Waals surface area contributed by atoms with Gasteiger partial charge in [-0.2, -0.15) is 0 Å². The van der Waals surface area contributed by atoms with E-state index in [1.54, 1.807) is 12.3 Å². The number of hydrogen-bond acceptors (Lipinski definition) is 7. The van der Waals surface area contributed by atoms with Crippen molar-refractivity contribution in [1.29, 1.82) is 0 Å². The van der Waals surface area contributed by atoms with E-state index in [1.165, 1.54) is 31.2 Å². The SMILES string of the molecule is O=C(O)C(CCN(CCCCc1ccc2c(n1)NCCC2)C1CC1)Nc1ccncn1. The second kappa shape index (κ2) is 10.5. The summed E-state index contributed by atoms with van der Waals surface area (Å²) in [5.74, 6) is 0.771. The van der Waals surface area contributed by atoms with Crippen molar-refractivity contribution in [1.82, 2.24) is 19.9 Å². The lowest BCUT2D eigenvalue weighted by atomic mass is 10.1. The lowest BCUT2D eigenvalue weighted by Gasteiger charge is -2.24. The predicted octanol–water partition coefficient (Wildman–Crippen LogP) is 2.97. The molecular formula is C23H32N6O2. The zero-order valence-electron chi connectivity index (χ0n) is 18.0. The highest BCUT2D eigenvalue weighted by atomic mass is 16.4. The highest BCUT2D eigenvalue weighted by Gasteiger charge is 2.29. The monoisotopic (exact) mass is 424 g/mol. The Balaban J connectivity index is 1.22. The average molecular weight is 425 g/mol. The summed E-state index contributed by atoms with van der Waals surface area (Å²) in [4.78, 5) is 26.9. The maximum Gasteiger partial charge on any atom is 0.326 e. The summed E-state index contributed by atoms with van der Waals surface area (Å²) in [6.45, 7) is 2.80. The van der Waals surface area contributed by atoms with Crippen LogP contribution in [0.25, 0.3) is 0 Å². The van der Waals surface area contributed by atoms with Crippen LogP contribution in [-0.4, -0.2) is 62.6 Å². The van der Waals surface area contributed by atoms with Crippen molar-refractivity contribution in [2.45, 2.75) is 63.5 Å². The van der Waals surface area contributed by atoms with Gasteiger partial charge in [-0.05, 0) is 75.6 Å². The number of aliphatic carboxylic acids is 1. The molecule has 1 unspecified atom stereocenters. The molecule has 2 aromatic rings. The zero-order valence-corrected chi connectivity index (χ0v) is 18.0. The van der Waals surface area contributed by atoms with E-state index in [4.69, 9.17) is 4.98 Å². The molecule has 2 aliphatic rings. The second-order valence-electron chi connectivity index (χ2n) is 8.48. The molecule has 1 fully saturated rings. The number of rotatable bonds is 12. The molecule has 4 rings (SSSR count). The molecule has 31 heavy (non-hydrogen) atoms. The van der Waals surface area contributed by atoms with Crippen molar-refractivity contribution in [3.8, 4) is 0 Å². The molecule has 8 heteroatoms. The van der Waals surface area contributed by atoms with E-state index in [1.807, 2.05) is 0 Å². The Morgan fingerprint density at radius 3 is 2.94 bits per heavy atom. The third kappa shape index (κ3) is 6.37. The topological polar surface area (TPSA) is 103 Å². The number of unbranched alkanes of at least 4 members (excludes halogenated alkanes) is 1. The summed E-state index contributed by atoms with van der Waals surface area (Å²) >= 11 is 0. The van der Waals surface area contributed by atoms with Crippen LogP contribution < -0.4 is 10.6 Å². The Hall–Kier alpha value is -2.74. The number of hydrogen-bond donors (Lipinski definition) is 3. The van der Waals surface area contributed by atoms with Crippen molar-refractivity contribution < 1.29 is 9.90 Å². The number of aryl methyl sites for hydroxylation is 2. The molecular weight excluding hydrogens is 392 g/mol. The summed E-state index contributed by atoms with van der Waals surface area (Å²) in [5, 5.41) is 16.0. The maximum absolute atomic E-state index is 11.7. The van der Waals surface area contributed by atoms with Crippen molar-refractivity contribution >= 4 is 17.6 Å². The first-order valence-electron chi connectivity index (χ1n) is 11.4. The van der Waals surface area contributed by atoms with Gasteiger partial charge in [0.05, 0.1) is 0 Å². The Morgan fingerprint density at radius 1 is 1.26 bits per heavy atom. The molecule has 2 aromatic heterocycles.